The Morgan fingerprint density at radius 1 is 1.09 bits per heavy atom. The Morgan fingerprint density at radius 2 is 1.89 bits per heavy atom. The minimum atomic E-state index is -0.233. The summed E-state index contributed by atoms with van der Waals surface area (Å²) in [6.07, 6.45) is 4.30. The summed E-state index contributed by atoms with van der Waals surface area (Å²) in [5.41, 5.74) is 3.68. The largest absolute Gasteiger partial charge is 0.495 e. The van der Waals surface area contributed by atoms with Gasteiger partial charge in [-0.15, -0.1) is 0 Å². The number of benzene rings is 1. The number of carbonyl (C=O) groups is 1. The van der Waals surface area contributed by atoms with Crippen molar-refractivity contribution in [3.63, 3.8) is 0 Å². The number of nitrogens with one attached hydrogen (secondary N) is 2. The number of ether oxygens (including phenoxy) is 1. The Kier molecular flexibility index (Phi) is 6.42. The van der Waals surface area contributed by atoms with E-state index >= 15 is 0 Å². The summed E-state index contributed by atoms with van der Waals surface area (Å²) in [5, 5.41) is 5.55. The first-order valence-electron chi connectivity index (χ1n) is 11.7. The highest BCUT2D eigenvalue weighted by molar-refractivity contribution is 5.89. The molecule has 2 aliphatic heterocycles. The molecule has 0 radical (unpaired) electrons. The van der Waals surface area contributed by atoms with Crippen LogP contribution in [0.15, 0.2) is 55.1 Å². The van der Waals surface area contributed by atoms with Gasteiger partial charge in [-0.25, -0.2) is 24.7 Å². The third-order valence-corrected chi connectivity index (χ3v) is 5.95. The molecule has 10 nitrogen and oxygen atoms in total. The molecule has 10 heteroatoms. The van der Waals surface area contributed by atoms with Crippen molar-refractivity contribution in [1.29, 1.82) is 0 Å². The zero-order valence-electron chi connectivity index (χ0n) is 19.7. The minimum absolute atomic E-state index is 0.233. The number of anilines is 3. The van der Waals surface area contributed by atoms with Crippen molar-refractivity contribution in [2.24, 2.45) is 0 Å². The van der Waals surface area contributed by atoms with Crippen LogP contribution in [-0.4, -0.2) is 58.8 Å². The molecule has 1 fully saturated rings. The van der Waals surface area contributed by atoms with Crippen LogP contribution < -0.4 is 20.4 Å². The topological polar surface area (TPSA) is 108 Å². The van der Waals surface area contributed by atoms with E-state index in [0.717, 1.165) is 47.9 Å². The lowest BCUT2D eigenvalue weighted by Crippen LogP contribution is -2.39. The van der Waals surface area contributed by atoms with Crippen molar-refractivity contribution in [3.05, 3.63) is 66.3 Å². The third-order valence-electron chi connectivity index (χ3n) is 5.95. The maximum Gasteiger partial charge on any atom is 0.319 e. The Morgan fingerprint density at radius 3 is 2.63 bits per heavy atom. The maximum absolute atomic E-state index is 11.8. The van der Waals surface area contributed by atoms with Crippen molar-refractivity contribution in [3.8, 4) is 11.4 Å². The zero-order valence-corrected chi connectivity index (χ0v) is 19.7. The lowest BCUT2D eigenvalue weighted by atomic mass is 10.0. The van der Waals surface area contributed by atoms with Gasteiger partial charge in [-0.3, -0.25) is 0 Å². The Hall–Kier alpha value is -4.21. The second kappa shape index (κ2) is 9.96. The van der Waals surface area contributed by atoms with Crippen LogP contribution in [0.1, 0.15) is 18.2 Å². The Labute approximate surface area is 204 Å². The van der Waals surface area contributed by atoms with Crippen LogP contribution in [0.5, 0.6) is 0 Å². The fraction of sp³-hybridized carbons (Fsp3) is 0.320. The van der Waals surface area contributed by atoms with E-state index in [4.69, 9.17) is 14.7 Å². The molecule has 2 aromatic heterocycles. The van der Waals surface area contributed by atoms with Crippen molar-refractivity contribution >= 4 is 23.5 Å². The fourth-order valence-electron chi connectivity index (χ4n) is 4.28. The van der Waals surface area contributed by atoms with Crippen molar-refractivity contribution in [2.45, 2.75) is 19.9 Å². The van der Waals surface area contributed by atoms with Crippen LogP contribution in [0.3, 0.4) is 0 Å². The first kappa shape index (κ1) is 22.6. The van der Waals surface area contributed by atoms with Gasteiger partial charge in [0, 0.05) is 42.3 Å². The molecule has 0 atom stereocenters. The summed E-state index contributed by atoms with van der Waals surface area (Å²) in [6.45, 7) is 9.76. The molecule has 1 saturated heterocycles. The molecule has 0 saturated carbocycles. The van der Waals surface area contributed by atoms with E-state index in [9.17, 15) is 4.79 Å². The van der Waals surface area contributed by atoms with E-state index < -0.39 is 0 Å². The molecular weight excluding hydrogens is 444 g/mol. The molecule has 0 aliphatic carbocycles. The molecule has 2 aliphatic rings. The van der Waals surface area contributed by atoms with Crippen molar-refractivity contribution in [1.82, 2.24) is 25.3 Å². The Bertz CT molecular complexity index is 1220. The zero-order chi connectivity index (χ0) is 24.2. The lowest BCUT2D eigenvalue weighted by Gasteiger charge is -2.34. The maximum atomic E-state index is 11.8. The molecule has 2 N–H and O–H groups in total. The first-order chi connectivity index (χ1) is 17.1. The number of carbonyl (C=O) groups excluding carboxylic acids is 1. The summed E-state index contributed by atoms with van der Waals surface area (Å²) in [4.78, 5) is 35.0. The number of urea groups is 1. The van der Waals surface area contributed by atoms with Crippen LogP contribution in [0.2, 0.25) is 0 Å². The third kappa shape index (κ3) is 5.01. The average Bonchev–Trinajstić information content (AvgIpc) is 2.89. The molecule has 0 spiro atoms. The number of nitrogens with zero attached hydrogens (tertiary/aromatic N) is 6. The van der Waals surface area contributed by atoms with Crippen LogP contribution >= 0.6 is 0 Å². The molecule has 5 rings (SSSR count). The number of hydrogen-bond acceptors (Lipinski definition) is 8. The first-order valence-corrected chi connectivity index (χ1v) is 11.7. The Balaban J connectivity index is 1.49. The lowest BCUT2D eigenvalue weighted by molar-refractivity contribution is 0.193. The van der Waals surface area contributed by atoms with E-state index in [1.165, 1.54) is 0 Å². The van der Waals surface area contributed by atoms with E-state index in [-0.39, 0.29) is 6.03 Å². The van der Waals surface area contributed by atoms with Gasteiger partial charge in [0.05, 0.1) is 25.3 Å². The predicted molar refractivity (Wildman–Crippen MR) is 134 cm³/mol. The molecule has 0 unspecified atom stereocenters. The van der Waals surface area contributed by atoms with E-state index in [2.05, 4.69) is 37.0 Å². The molecule has 2 amide bonds. The van der Waals surface area contributed by atoms with E-state index in [0.29, 0.717) is 43.7 Å². The SMILES string of the molecule is C=C1CN(c2nc(-c3ccc(NC(=O)NCC)cc3)nc3c2CCN(c2ncccn2)C3)CCO1. The molecule has 180 valence electrons. The summed E-state index contributed by atoms with van der Waals surface area (Å²) in [6, 6.07) is 9.14. The quantitative estimate of drug-likeness (QED) is 0.584. The van der Waals surface area contributed by atoms with Gasteiger partial charge in [0.25, 0.3) is 0 Å². The van der Waals surface area contributed by atoms with Crippen molar-refractivity contribution < 1.29 is 9.53 Å². The molecule has 0 bridgehead atoms. The number of amides is 2. The normalized spacial score (nSPS) is 15.3. The summed E-state index contributed by atoms with van der Waals surface area (Å²) in [5.74, 6) is 2.99. The number of aromatic nitrogens is 4. The smallest absolute Gasteiger partial charge is 0.319 e. The highest BCUT2D eigenvalue weighted by Crippen LogP contribution is 2.32. The number of fused-ring (bicyclic) bond motifs is 1. The van der Waals surface area contributed by atoms with Gasteiger partial charge >= 0.3 is 6.03 Å². The number of rotatable bonds is 5. The van der Waals surface area contributed by atoms with Gasteiger partial charge in [0.1, 0.15) is 18.2 Å². The number of hydrogen-bond donors (Lipinski definition) is 2. The van der Waals surface area contributed by atoms with Crippen LogP contribution in [0, 0.1) is 0 Å². The highest BCUT2D eigenvalue weighted by Gasteiger charge is 2.28. The molecule has 4 heterocycles. The van der Waals surface area contributed by atoms with Gasteiger partial charge in [-0.2, -0.15) is 0 Å². The molecular formula is C25H28N8O2. The molecule has 35 heavy (non-hydrogen) atoms. The van der Waals surface area contributed by atoms with Gasteiger partial charge in [0.2, 0.25) is 5.95 Å². The van der Waals surface area contributed by atoms with Gasteiger partial charge in [0.15, 0.2) is 5.82 Å². The van der Waals surface area contributed by atoms with Gasteiger partial charge in [-0.1, -0.05) is 6.58 Å². The standard InChI is InChI=1S/C25H28N8O2/c1-3-26-25(34)29-19-7-5-18(6-8-19)22-30-21-16-33(24-27-10-4-11-28-24)12-9-20(21)23(31-22)32-13-14-35-17(2)15-32/h4-8,10-11H,2-3,9,12-16H2,1H3,(H2,26,29,34). The summed E-state index contributed by atoms with van der Waals surface area (Å²) < 4.78 is 5.58. The van der Waals surface area contributed by atoms with Crippen molar-refractivity contribution in [2.75, 3.05) is 47.9 Å². The van der Waals surface area contributed by atoms with E-state index in [1.54, 1.807) is 12.4 Å². The van der Waals surface area contributed by atoms with Crippen LogP contribution in [0.4, 0.5) is 22.2 Å². The number of morpholine rings is 1. The summed E-state index contributed by atoms with van der Waals surface area (Å²) >= 11 is 0. The average molecular weight is 473 g/mol. The fourth-order valence-corrected chi connectivity index (χ4v) is 4.28. The highest BCUT2D eigenvalue weighted by atomic mass is 16.5. The van der Waals surface area contributed by atoms with Crippen LogP contribution in [-0.2, 0) is 17.7 Å². The minimum Gasteiger partial charge on any atom is -0.495 e. The van der Waals surface area contributed by atoms with Gasteiger partial charge in [-0.05, 0) is 43.7 Å². The van der Waals surface area contributed by atoms with Gasteiger partial charge < -0.3 is 25.2 Å². The second-order valence-electron chi connectivity index (χ2n) is 8.39. The second-order valence-corrected chi connectivity index (χ2v) is 8.39. The molecule has 1 aromatic carbocycles. The summed E-state index contributed by atoms with van der Waals surface area (Å²) in [7, 11) is 0. The van der Waals surface area contributed by atoms with Crippen LogP contribution in [0.25, 0.3) is 11.4 Å². The molecule has 3 aromatic rings. The predicted octanol–water partition coefficient (Wildman–Crippen LogP) is 2.99. The van der Waals surface area contributed by atoms with E-state index in [1.807, 2.05) is 37.3 Å². The monoisotopic (exact) mass is 472 g/mol.